The molecule has 0 spiro atoms. The summed E-state index contributed by atoms with van der Waals surface area (Å²) in [7, 11) is 3.84. The van der Waals surface area contributed by atoms with Crippen molar-refractivity contribution in [3.05, 3.63) is 23.9 Å². The summed E-state index contributed by atoms with van der Waals surface area (Å²) in [4.78, 5) is 10.9. The van der Waals surface area contributed by atoms with Gasteiger partial charge in [0.1, 0.15) is 6.10 Å². The van der Waals surface area contributed by atoms with E-state index in [2.05, 4.69) is 26.3 Å². The van der Waals surface area contributed by atoms with Gasteiger partial charge >= 0.3 is 0 Å². The second kappa shape index (κ2) is 11.7. The summed E-state index contributed by atoms with van der Waals surface area (Å²) < 4.78 is 11.6. The summed E-state index contributed by atoms with van der Waals surface area (Å²) in [6, 6.07) is 4.03. The Morgan fingerprint density at radius 3 is 2.67 bits per heavy atom. The molecule has 0 atom stereocenters. The number of pyridine rings is 1. The van der Waals surface area contributed by atoms with E-state index >= 15 is 0 Å². The lowest BCUT2D eigenvalue weighted by atomic mass is 10.3. The summed E-state index contributed by atoms with van der Waals surface area (Å²) in [6.45, 7) is 3.17. The highest BCUT2D eigenvalue weighted by molar-refractivity contribution is 14.0. The van der Waals surface area contributed by atoms with Crippen LogP contribution in [-0.2, 0) is 11.3 Å². The van der Waals surface area contributed by atoms with Crippen LogP contribution >= 0.6 is 24.0 Å². The third kappa shape index (κ3) is 7.81. The number of nitrogens with one attached hydrogen (secondary N) is 1. The molecular formula is C20H33IN4O2. The van der Waals surface area contributed by atoms with E-state index in [1.54, 1.807) is 7.05 Å². The molecule has 0 saturated heterocycles. The van der Waals surface area contributed by atoms with Crippen LogP contribution in [0.3, 0.4) is 0 Å². The van der Waals surface area contributed by atoms with E-state index in [4.69, 9.17) is 9.47 Å². The first-order valence-corrected chi connectivity index (χ1v) is 9.85. The van der Waals surface area contributed by atoms with Crippen molar-refractivity contribution in [3.63, 3.8) is 0 Å². The van der Waals surface area contributed by atoms with Crippen molar-refractivity contribution < 1.29 is 9.47 Å². The first kappa shape index (κ1) is 22.2. The van der Waals surface area contributed by atoms with E-state index in [-0.39, 0.29) is 24.0 Å². The Balaban J connectivity index is 0.00000261. The third-order valence-electron chi connectivity index (χ3n) is 5.03. The standard InChI is InChI=1S/C20H32N4O2.HI/c1-21-20(24(2)11-12-25-15-16-7-8-16)23-14-17-9-10-19(22-13-17)26-18-5-3-4-6-18;/h9-10,13,16,18H,3-8,11-12,14-15H2,1-2H3,(H,21,23);1H. The van der Waals surface area contributed by atoms with Crippen molar-refractivity contribution in [2.24, 2.45) is 10.9 Å². The van der Waals surface area contributed by atoms with E-state index in [0.29, 0.717) is 12.6 Å². The van der Waals surface area contributed by atoms with Crippen LogP contribution in [0.2, 0.25) is 0 Å². The lowest BCUT2D eigenvalue weighted by Crippen LogP contribution is -2.40. The maximum Gasteiger partial charge on any atom is 0.213 e. The summed E-state index contributed by atoms with van der Waals surface area (Å²) in [5, 5.41) is 3.38. The number of guanidine groups is 1. The van der Waals surface area contributed by atoms with Crippen LogP contribution in [0.25, 0.3) is 0 Å². The molecule has 0 aromatic carbocycles. The molecule has 27 heavy (non-hydrogen) atoms. The van der Waals surface area contributed by atoms with Gasteiger partial charge in [0.05, 0.1) is 6.61 Å². The van der Waals surface area contributed by atoms with Gasteiger partial charge in [-0.15, -0.1) is 24.0 Å². The second-order valence-electron chi connectivity index (χ2n) is 7.37. The zero-order valence-electron chi connectivity index (χ0n) is 16.5. The molecule has 1 N–H and O–H groups in total. The molecule has 1 aromatic rings. The molecule has 2 aliphatic rings. The van der Waals surface area contributed by atoms with Crippen molar-refractivity contribution in [3.8, 4) is 5.88 Å². The van der Waals surface area contributed by atoms with Gasteiger partial charge in [0.25, 0.3) is 0 Å². The molecule has 3 rings (SSSR count). The highest BCUT2D eigenvalue weighted by Gasteiger charge is 2.21. The number of hydrogen-bond donors (Lipinski definition) is 1. The molecule has 2 aliphatic carbocycles. The molecule has 0 bridgehead atoms. The molecule has 0 aliphatic heterocycles. The summed E-state index contributed by atoms with van der Waals surface area (Å²) in [6.07, 6.45) is 9.73. The molecule has 1 aromatic heterocycles. The summed E-state index contributed by atoms with van der Waals surface area (Å²) in [5.74, 6) is 2.41. The van der Waals surface area contributed by atoms with Gasteiger partial charge in [0.15, 0.2) is 5.96 Å². The monoisotopic (exact) mass is 488 g/mol. The number of rotatable bonds is 9. The number of aliphatic imine (C=N–C) groups is 1. The average Bonchev–Trinajstić information content (AvgIpc) is 3.35. The third-order valence-corrected chi connectivity index (χ3v) is 5.03. The van der Waals surface area contributed by atoms with Crippen molar-refractivity contribution in [2.75, 3.05) is 33.9 Å². The van der Waals surface area contributed by atoms with Crippen LogP contribution in [0.15, 0.2) is 23.3 Å². The lowest BCUT2D eigenvalue weighted by Gasteiger charge is -2.22. The van der Waals surface area contributed by atoms with E-state index in [9.17, 15) is 0 Å². The Kier molecular flexibility index (Phi) is 9.61. The highest BCUT2D eigenvalue weighted by Crippen LogP contribution is 2.28. The maximum absolute atomic E-state index is 5.91. The predicted octanol–water partition coefficient (Wildman–Crippen LogP) is 3.45. The van der Waals surface area contributed by atoms with Crippen molar-refractivity contribution in [1.82, 2.24) is 15.2 Å². The molecule has 2 saturated carbocycles. The van der Waals surface area contributed by atoms with Gasteiger partial charge in [-0.3, -0.25) is 4.99 Å². The van der Waals surface area contributed by atoms with Crippen molar-refractivity contribution >= 4 is 29.9 Å². The van der Waals surface area contributed by atoms with Gasteiger partial charge in [0, 0.05) is 46.1 Å². The molecule has 0 unspecified atom stereocenters. The van der Waals surface area contributed by atoms with E-state index < -0.39 is 0 Å². The largest absolute Gasteiger partial charge is 0.474 e. The highest BCUT2D eigenvalue weighted by atomic mass is 127. The van der Waals surface area contributed by atoms with Gasteiger partial charge in [-0.25, -0.2) is 4.98 Å². The number of nitrogens with zero attached hydrogens (tertiary/aromatic N) is 3. The Morgan fingerprint density at radius 1 is 1.26 bits per heavy atom. The smallest absolute Gasteiger partial charge is 0.213 e. The van der Waals surface area contributed by atoms with E-state index in [0.717, 1.165) is 55.9 Å². The van der Waals surface area contributed by atoms with Crippen LogP contribution < -0.4 is 10.1 Å². The quantitative estimate of drug-likeness (QED) is 0.250. The molecule has 7 heteroatoms. The molecule has 6 nitrogen and oxygen atoms in total. The predicted molar refractivity (Wildman–Crippen MR) is 119 cm³/mol. The van der Waals surface area contributed by atoms with Gasteiger partial charge in [-0.1, -0.05) is 6.07 Å². The average molecular weight is 488 g/mol. The van der Waals surface area contributed by atoms with Crippen LogP contribution in [0.4, 0.5) is 0 Å². The topological polar surface area (TPSA) is 59.0 Å². The van der Waals surface area contributed by atoms with Crippen molar-refractivity contribution in [1.29, 1.82) is 0 Å². The Labute approximate surface area is 180 Å². The summed E-state index contributed by atoms with van der Waals surface area (Å²) >= 11 is 0. The number of halogens is 1. The van der Waals surface area contributed by atoms with Crippen LogP contribution in [-0.4, -0.2) is 55.8 Å². The molecule has 0 radical (unpaired) electrons. The Bertz CT molecular complexity index is 572. The van der Waals surface area contributed by atoms with Gasteiger partial charge < -0.3 is 19.7 Å². The fourth-order valence-electron chi connectivity index (χ4n) is 3.17. The number of ether oxygens (including phenoxy) is 2. The van der Waals surface area contributed by atoms with Gasteiger partial charge in [0.2, 0.25) is 5.88 Å². The van der Waals surface area contributed by atoms with Gasteiger partial charge in [-0.05, 0) is 50.0 Å². The molecule has 1 heterocycles. The SMILES string of the molecule is CN=C(NCc1ccc(OC2CCCC2)nc1)N(C)CCOCC1CC1.I. The van der Waals surface area contributed by atoms with Crippen LogP contribution in [0, 0.1) is 5.92 Å². The fourth-order valence-corrected chi connectivity index (χ4v) is 3.17. The van der Waals surface area contributed by atoms with E-state index in [1.165, 1.54) is 25.7 Å². The zero-order valence-corrected chi connectivity index (χ0v) is 18.9. The number of hydrogen-bond acceptors (Lipinski definition) is 4. The lowest BCUT2D eigenvalue weighted by molar-refractivity contribution is 0.115. The molecule has 2 fully saturated rings. The van der Waals surface area contributed by atoms with Crippen molar-refractivity contribution in [2.45, 2.75) is 51.2 Å². The minimum absolute atomic E-state index is 0. The first-order chi connectivity index (χ1) is 12.7. The fraction of sp³-hybridized carbons (Fsp3) is 0.700. The molecule has 0 amide bonds. The number of likely N-dealkylation sites (N-methyl/N-ethyl adjacent to an activating group) is 1. The molecular weight excluding hydrogens is 455 g/mol. The summed E-state index contributed by atoms with van der Waals surface area (Å²) in [5.41, 5.74) is 1.11. The van der Waals surface area contributed by atoms with Crippen LogP contribution in [0.1, 0.15) is 44.1 Å². The maximum atomic E-state index is 5.91. The zero-order chi connectivity index (χ0) is 18.2. The van der Waals surface area contributed by atoms with Crippen LogP contribution in [0.5, 0.6) is 5.88 Å². The van der Waals surface area contributed by atoms with E-state index in [1.807, 2.05) is 19.3 Å². The van der Waals surface area contributed by atoms with Gasteiger partial charge in [-0.2, -0.15) is 0 Å². The second-order valence-corrected chi connectivity index (χ2v) is 7.37. The molecule has 152 valence electrons. The minimum atomic E-state index is 0. The number of aromatic nitrogens is 1. The Hall–Kier alpha value is -1.09. The normalized spacial score (nSPS) is 17.5. The Morgan fingerprint density at radius 2 is 2.04 bits per heavy atom. The minimum Gasteiger partial charge on any atom is -0.474 e. The first-order valence-electron chi connectivity index (χ1n) is 9.85.